The molecule has 0 saturated heterocycles. The molecule has 2 aromatic carbocycles. The fraction of sp³-hybridized carbons (Fsp3) is 0.333. The van der Waals surface area contributed by atoms with Crippen molar-refractivity contribution in [2.45, 2.75) is 26.3 Å². The van der Waals surface area contributed by atoms with Gasteiger partial charge in [-0.25, -0.2) is 13.2 Å². The summed E-state index contributed by atoms with van der Waals surface area (Å²) in [6, 6.07) is 11.6. The number of sulfonamides is 1. The molecular formula is C21H23NO6S. The van der Waals surface area contributed by atoms with Gasteiger partial charge in [-0.15, -0.1) is 0 Å². The highest BCUT2D eigenvalue weighted by molar-refractivity contribution is 7.92. The molecule has 1 atom stereocenters. The normalized spacial score (nSPS) is 15.7. The summed E-state index contributed by atoms with van der Waals surface area (Å²) >= 11 is 0. The minimum absolute atomic E-state index is 0.0218. The Hall–Kier alpha value is -2.87. The summed E-state index contributed by atoms with van der Waals surface area (Å²) in [6.07, 6.45) is 1.71. The third-order valence-electron chi connectivity index (χ3n) is 4.67. The number of esters is 1. The van der Waals surface area contributed by atoms with Gasteiger partial charge in [-0.05, 0) is 56.2 Å². The predicted molar refractivity (Wildman–Crippen MR) is 109 cm³/mol. The number of ether oxygens (including phenoxy) is 2. The van der Waals surface area contributed by atoms with Crippen LogP contribution in [0, 0.1) is 0 Å². The number of ketones is 1. The Morgan fingerprint density at radius 3 is 2.55 bits per heavy atom. The number of fused-ring (bicyclic) bond motifs is 1. The Balaban J connectivity index is 1.60. The molecule has 0 saturated carbocycles. The maximum absolute atomic E-state index is 12.3. The van der Waals surface area contributed by atoms with Crippen LogP contribution < -0.4 is 9.04 Å². The molecule has 8 heteroatoms. The second-order valence-corrected chi connectivity index (χ2v) is 8.85. The van der Waals surface area contributed by atoms with Gasteiger partial charge < -0.3 is 9.47 Å². The van der Waals surface area contributed by atoms with E-state index in [2.05, 4.69) is 0 Å². The summed E-state index contributed by atoms with van der Waals surface area (Å²) in [7, 11) is -3.38. The van der Waals surface area contributed by atoms with Crippen LogP contribution in [0.1, 0.15) is 40.1 Å². The average Bonchev–Trinajstić information content (AvgIpc) is 3.00. The molecule has 0 bridgehead atoms. The summed E-state index contributed by atoms with van der Waals surface area (Å²) in [5, 5.41) is 0. The average molecular weight is 417 g/mol. The molecule has 0 fully saturated rings. The summed E-state index contributed by atoms with van der Waals surface area (Å²) in [5.74, 6) is -0.168. The number of anilines is 1. The third kappa shape index (κ3) is 4.59. The van der Waals surface area contributed by atoms with E-state index >= 15 is 0 Å². The maximum Gasteiger partial charge on any atom is 0.338 e. The van der Waals surface area contributed by atoms with E-state index in [1.807, 2.05) is 6.92 Å². The van der Waals surface area contributed by atoms with Gasteiger partial charge in [0.25, 0.3) is 0 Å². The zero-order valence-electron chi connectivity index (χ0n) is 16.5. The van der Waals surface area contributed by atoms with Crippen LogP contribution in [0.3, 0.4) is 0 Å². The molecule has 0 spiro atoms. The van der Waals surface area contributed by atoms with E-state index in [-0.39, 0.29) is 25.0 Å². The van der Waals surface area contributed by atoms with Crippen molar-refractivity contribution in [3.8, 4) is 5.75 Å². The van der Waals surface area contributed by atoms with Gasteiger partial charge in [-0.3, -0.25) is 9.10 Å². The quantitative estimate of drug-likeness (QED) is 0.391. The molecule has 0 radical (unpaired) electrons. The van der Waals surface area contributed by atoms with Crippen molar-refractivity contribution in [3.63, 3.8) is 0 Å². The van der Waals surface area contributed by atoms with Crippen LogP contribution in [0.2, 0.25) is 0 Å². The Bertz CT molecular complexity index is 1050. The Morgan fingerprint density at radius 2 is 1.86 bits per heavy atom. The summed E-state index contributed by atoms with van der Waals surface area (Å²) in [4.78, 5) is 23.9. The second kappa shape index (κ2) is 8.24. The van der Waals surface area contributed by atoms with E-state index in [9.17, 15) is 18.0 Å². The Labute approximate surface area is 170 Å². The van der Waals surface area contributed by atoms with Crippen LogP contribution in [0.15, 0.2) is 42.5 Å². The number of benzene rings is 2. The standard InChI is InChI=1S/C21H23NO6S/c1-14-12-17-13-16(8-9-19(17)22(14)29(3,25)26)21(24)28-11-10-27-20-7-5-4-6-18(20)15(2)23/h4-9,13-14H,10-12H2,1-3H3/t14-/m0/s1. The number of Topliss-reactive ketones (excluding diaryl/α,β-unsaturated/α-hetero) is 1. The van der Waals surface area contributed by atoms with E-state index in [1.54, 1.807) is 42.5 Å². The first kappa shape index (κ1) is 20.9. The molecule has 154 valence electrons. The largest absolute Gasteiger partial charge is 0.489 e. The molecule has 1 heterocycles. The van der Waals surface area contributed by atoms with Gasteiger partial charge >= 0.3 is 5.97 Å². The monoisotopic (exact) mass is 417 g/mol. The smallest absolute Gasteiger partial charge is 0.338 e. The number of rotatable bonds is 7. The van der Waals surface area contributed by atoms with E-state index in [0.29, 0.717) is 29.0 Å². The number of para-hydroxylation sites is 1. The zero-order valence-corrected chi connectivity index (χ0v) is 17.4. The van der Waals surface area contributed by atoms with E-state index in [1.165, 1.54) is 17.5 Å². The molecule has 7 nitrogen and oxygen atoms in total. The molecule has 0 amide bonds. The number of hydrogen-bond donors (Lipinski definition) is 0. The van der Waals surface area contributed by atoms with Gasteiger partial charge in [-0.2, -0.15) is 0 Å². The number of nitrogens with zero attached hydrogens (tertiary/aromatic N) is 1. The first-order valence-electron chi connectivity index (χ1n) is 9.20. The van der Waals surface area contributed by atoms with Crippen LogP contribution in [-0.2, 0) is 21.2 Å². The highest BCUT2D eigenvalue weighted by atomic mass is 32.2. The first-order chi connectivity index (χ1) is 13.7. The molecule has 1 aliphatic heterocycles. The number of carbonyl (C=O) groups is 2. The summed E-state index contributed by atoms with van der Waals surface area (Å²) in [6.45, 7) is 3.42. The lowest BCUT2D eigenvalue weighted by Crippen LogP contribution is -2.34. The molecular weight excluding hydrogens is 394 g/mol. The lowest BCUT2D eigenvalue weighted by atomic mass is 10.1. The molecule has 0 aromatic heterocycles. The predicted octanol–water partition coefficient (Wildman–Crippen LogP) is 2.84. The molecule has 0 unspecified atom stereocenters. The zero-order chi connectivity index (χ0) is 21.2. The Morgan fingerprint density at radius 1 is 1.14 bits per heavy atom. The summed E-state index contributed by atoms with van der Waals surface area (Å²) in [5.41, 5.74) is 2.22. The first-order valence-corrected chi connectivity index (χ1v) is 11.1. The van der Waals surface area contributed by atoms with Crippen molar-refractivity contribution in [2.24, 2.45) is 0 Å². The molecule has 1 aliphatic rings. The number of hydrogen-bond acceptors (Lipinski definition) is 6. The van der Waals surface area contributed by atoms with Crippen LogP contribution in [0.5, 0.6) is 5.75 Å². The SMILES string of the molecule is CC(=O)c1ccccc1OCCOC(=O)c1ccc2c(c1)C[C@H](C)N2S(C)(=O)=O. The van der Waals surface area contributed by atoms with Crippen LogP contribution in [0.4, 0.5) is 5.69 Å². The van der Waals surface area contributed by atoms with E-state index in [0.717, 1.165) is 5.56 Å². The molecule has 0 N–H and O–H groups in total. The molecule has 29 heavy (non-hydrogen) atoms. The van der Waals surface area contributed by atoms with E-state index < -0.39 is 16.0 Å². The van der Waals surface area contributed by atoms with Crippen molar-refractivity contribution in [1.29, 1.82) is 0 Å². The molecule has 0 aliphatic carbocycles. The van der Waals surface area contributed by atoms with Crippen molar-refractivity contribution < 1.29 is 27.5 Å². The lowest BCUT2D eigenvalue weighted by Gasteiger charge is -2.21. The topological polar surface area (TPSA) is 90.0 Å². The fourth-order valence-electron chi connectivity index (χ4n) is 3.49. The van der Waals surface area contributed by atoms with Crippen molar-refractivity contribution in [2.75, 3.05) is 23.8 Å². The molecule has 2 aromatic rings. The van der Waals surface area contributed by atoms with Crippen LogP contribution in [0.25, 0.3) is 0 Å². The van der Waals surface area contributed by atoms with Crippen molar-refractivity contribution >= 4 is 27.5 Å². The van der Waals surface area contributed by atoms with Gasteiger partial charge in [0.2, 0.25) is 10.0 Å². The minimum atomic E-state index is -3.38. The van der Waals surface area contributed by atoms with Crippen molar-refractivity contribution in [1.82, 2.24) is 0 Å². The van der Waals surface area contributed by atoms with Gasteiger partial charge in [0.05, 0.1) is 23.1 Å². The Kier molecular flexibility index (Phi) is 5.93. The van der Waals surface area contributed by atoms with Gasteiger partial charge in [0.1, 0.15) is 19.0 Å². The minimum Gasteiger partial charge on any atom is -0.489 e. The van der Waals surface area contributed by atoms with Crippen LogP contribution in [-0.4, -0.2) is 45.7 Å². The molecule has 3 rings (SSSR count). The maximum atomic E-state index is 12.3. The summed E-state index contributed by atoms with van der Waals surface area (Å²) < 4.78 is 36.1. The highest BCUT2D eigenvalue weighted by Gasteiger charge is 2.32. The van der Waals surface area contributed by atoms with E-state index in [4.69, 9.17) is 9.47 Å². The number of carbonyl (C=O) groups excluding carboxylic acids is 2. The van der Waals surface area contributed by atoms with Gasteiger partial charge in [0.15, 0.2) is 5.78 Å². The van der Waals surface area contributed by atoms with Gasteiger partial charge in [0, 0.05) is 6.04 Å². The second-order valence-electron chi connectivity index (χ2n) is 6.99. The third-order valence-corrected chi connectivity index (χ3v) is 5.94. The highest BCUT2D eigenvalue weighted by Crippen LogP contribution is 2.34. The fourth-order valence-corrected chi connectivity index (χ4v) is 4.75. The lowest BCUT2D eigenvalue weighted by molar-refractivity contribution is 0.0449. The van der Waals surface area contributed by atoms with Crippen LogP contribution >= 0.6 is 0 Å². The van der Waals surface area contributed by atoms with Crippen molar-refractivity contribution in [3.05, 3.63) is 59.2 Å². The van der Waals surface area contributed by atoms with Gasteiger partial charge in [-0.1, -0.05) is 12.1 Å².